The van der Waals surface area contributed by atoms with Crippen molar-refractivity contribution in [3.8, 4) is 0 Å². The molecule has 0 amide bonds. The summed E-state index contributed by atoms with van der Waals surface area (Å²) in [5.41, 5.74) is 2.41. The molecule has 1 aliphatic rings. The molecule has 1 heterocycles. The van der Waals surface area contributed by atoms with E-state index in [1.165, 1.54) is 0 Å². The maximum absolute atomic E-state index is 15.4. The molecule has 2 rings (SSSR count). The highest BCUT2D eigenvalue weighted by Crippen LogP contribution is 2.36. The molecule has 1 atom stereocenters. The Morgan fingerprint density at radius 2 is 1.92 bits per heavy atom. The zero-order valence-corrected chi connectivity index (χ0v) is 18.4. The number of hydroxylamine groups is 1. The van der Waals surface area contributed by atoms with Gasteiger partial charge in [0.2, 0.25) is 0 Å². The van der Waals surface area contributed by atoms with Crippen molar-refractivity contribution in [2.24, 2.45) is 5.92 Å². The Hall–Kier alpha value is -0.660. The number of rotatable bonds is 5. The first-order valence-electron chi connectivity index (χ1n) is 9.63. The SMILES string of the molecule is CC(C)C.CNOCC1(F)CCCCCc2c1nnn2CSC(C)(C)C. The molecule has 26 heavy (non-hydrogen) atoms. The van der Waals surface area contributed by atoms with Crippen LogP contribution in [0.2, 0.25) is 0 Å². The molecule has 0 saturated heterocycles. The number of hydrogen-bond donors (Lipinski definition) is 1. The third kappa shape index (κ3) is 7.92. The highest BCUT2D eigenvalue weighted by Gasteiger charge is 2.39. The molecule has 0 bridgehead atoms. The van der Waals surface area contributed by atoms with Crippen molar-refractivity contribution in [3.63, 3.8) is 0 Å². The van der Waals surface area contributed by atoms with E-state index in [4.69, 9.17) is 4.84 Å². The average Bonchev–Trinajstić information content (AvgIpc) is 2.91. The summed E-state index contributed by atoms with van der Waals surface area (Å²) >= 11 is 1.79. The van der Waals surface area contributed by atoms with Crippen molar-refractivity contribution in [1.29, 1.82) is 0 Å². The standard InChI is InChI=1S/C15H27FN4OS.C4H10/c1-14(2,3)22-11-20-12-8-6-5-7-9-15(16,10-21-17-4)13(12)18-19-20;1-4(2)3/h17H,5-11H2,1-4H3;4H,1-3H3. The van der Waals surface area contributed by atoms with Gasteiger partial charge in [-0.2, -0.15) is 0 Å². The number of thioether (sulfide) groups is 1. The Labute approximate surface area is 162 Å². The van der Waals surface area contributed by atoms with Gasteiger partial charge in [-0.3, -0.25) is 4.84 Å². The Balaban J connectivity index is 0.000000765. The predicted octanol–water partition coefficient (Wildman–Crippen LogP) is 4.86. The Kier molecular flexibility index (Phi) is 9.55. The van der Waals surface area contributed by atoms with Gasteiger partial charge < -0.3 is 0 Å². The van der Waals surface area contributed by atoms with Gasteiger partial charge in [-0.05, 0) is 31.6 Å². The predicted molar refractivity (Wildman–Crippen MR) is 108 cm³/mol. The zero-order chi connectivity index (χ0) is 19.8. The van der Waals surface area contributed by atoms with Gasteiger partial charge in [0.1, 0.15) is 12.3 Å². The second kappa shape index (κ2) is 10.6. The van der Waals surface area contributed by atoms with Gasteiger partial charge in [-0.25, -0.2) is 14.6 Å². The fourth-order valence-corrected chi connectivity index (χ4v) is 3.32. The maximum atomic E-state index is 15.4. The molecule has 0 saturated carbocycles. The third-order valence-corrected chi connectivity index (χ3v) is 5.05. The van der Waals surface area contributed by atoms with E-state index >= 15 is 4.39 Å². The number of nitrogens with one attached hydrogen (secondary N) is 1. The average molecular weight is 389 g/mol. The van der Waals surface area contributed by atoms with Gasteiger partial charge >= 0.3 is 0 Å². The van der Waals surface area contributed by atoms with Crippen LogP contribution in [0.15, 0.2) is 0 Å². The van der Waals surface area contributed by atoms with Crippen molar-refractivity contribution in [1.82, 2.24) is 20.5 Å². The molecular weight excluding hydrogens is 351 g/mol. The molecule has 0 fully saturated rings. The normalized spacial score (nSPS) is 20.8. The lowest BCUT2D eigenvalue weighted by atomic mass is 9.89. The van der Waals surface area contributed by atoms with Crippen molar-refractivity contribution >= 4 is 11.8 Å². The van der Waals surface area contributed by atoms with E-state index < -0.39 is 5.67 Å². The summed E-state index contributed by atoms with van der Waals surface area (Å²) in [5, 5.41) is 8.40. The molecule has 0 spiro atoms. The molecule has 1 aromatic rings. The topological polar surface area (TPSA) is 52.0 Å². The summed E-state index contributed by atoms with van der Waals surface area (Å²) in [6.07, 6.45) is 4.21. The van der Waals surface area contributed by atoms with Crippen LogP contribution in [0.3, 0.4) is 0 Å². The monoisotopic (exact) mass is 388 g/mol. The molecule has 1 aliphatic carbocycles. The molecule has 152 valence electrons. The largest absolute Gasteiger partial charge is 0.298 e. The molecule has 0 radical (unpaired) electrons. The molecule has 1 N–H and O–H groups in total. The van der Waals surface area contributed by atoms with E-state index in [-0.39, 0.29) is 11.4 Å². The first kappa shape index (κ1) is 23.4. The molecule has 5 nitrogen and oxygen atoms in total. The summed E-state index contributed by atoms with van der Waals surface area (Å²) < 4.78 is 17.4. The second-order valence-corrected chi connectivity index (χ2v) is 10.3. The number of aromatic nitrogens is 3. The lowest BCUT2D eigenvalue weighted by Crippen LogP contribution is -2.32. The van der Waals surface area contributed by atoms with Crippen molar-refractivity contribution < 1.29 is 9.23 Å². The van der Waals surface area contributed by atoms with Crippen LogP contribution >= 0.6 is 11.8 Å². The van der Waals surface area contributed by atoms with Gasteiger partial charge in [0.05, 0.1) is 11.6 Å². The lowest BCUT2D eigenvalue weighted by Gasteiger charge is -2.26. The van der Waals surface area contributed by atoms with E-state index in [1.54, 1.807) is 18.8 Å². The first-order chi connectivity index (χ1) is 12.1. The van der Waals surface area contributed by atoms with Crippen LogP contribution in [-0.2, 0) is 22.8 Å². The number of fused-ring (bicyclic) bond motifs is 1. The molecule has 7 heteroatoms. The summed E-state index contributed by atoms with van der Waals surface area (Å²) in [6, 6.07) is 0. The van der Waals surface area contributed by atoms with E-state index in [0.29, 0.717) is 18.0 Å². The lowest BCUT2D eigenvalue weighted by molar-refractivity contribution is -0.0393. The van der Waals surface area contributed by atoms with E-state index in [9.17, 15) is 0 Å². The fraction of sp³-hybridized carbons (Fsp3) is 0.895. The summed E-state index contributed by atoms with van der Waals surface area (Å²) in [5.74, 6) is 1.54. The van der Waals surface area contributed by atoms with Crippen LogP contribution < -0.4 is 5.48 Å². The fourth-order valence-electron chi connectivity index (χ4n) is 2.61. The van der Waals surface area contributed by atoms with E-state index in [1.807, 2.05) is 4.68 Å². The van der Waals surface area contributed by atoms with Crippen LogP contribution in [0.5, 0.6) is 0 Å². The minimum atomic E-state index is -1.55. The number of alkyl halides is 1. The van der Waals surface area contributed by atoms with Gasteiger partial charge in [-0.15, -0.1) is 16.9 Å². The van der Waals surface area contributed by atoms with Crippen molar-refractivity contribution in [2.45, 2.75) is 89.9 Å². The van der Waals surface area contributed by atoms with Crippen LogP contribution in [0, 0.1) is 5.92 Å². The van der Waals surface area contributed by atoms with Gasteiger partial charge in [-0.1, -0.05) is 53.2 Å². The third-order valence-electron chi connectivity index (χ3n) is 3.81. The maximum Gasteiger partial charge on any atom is 0.181 e. The van der Waals surface area contributed by atoms with Crippen LogP contribution in [0.25, 0.3) is 0 Å². The number of hydrogen-bond acceptors (Lipinski definition) is 5. The molecule has 0 aliphatic heterocycles. The Morgan fingerprint density at radius 3 is 2.50 bits per heavy atom. The summed E-state index contributed by atoms with van der Waals surface area (Å²) in [7, 11) is 1.64. The van der Waals surface area contributed by atoms with Crippen LogP contribution in [0.4, 0.5) is 4.39 Å². The first-order valence-corrected chi connectivity index (χ1v) is 10.6. The van der Waals surface area contributed by atoms with E-state index in [2.05, 4.69) is 57.3 Å². The van der Waals surface area contributed by atoms with Gasteiger partial charge in [0.15, 0.2) is 5.67 Å². The smallest absolute Gasteiger partial charge is 0.181 e. The molecule has 1 unspecified atom stereocenters. The Morgan fingerprint density at radius 1 is 1.27 bits per heavy atom. The van der Waals surface area contributed by atoms with E-state index in [0.717, 1.165) is 37.3 Å². The van der Waals surface area contributed by atoms with Gasteiger partial charge in [0, 0.05) is 11.8 Å². The molecule has 0 aromatic carbocycles. The summed E-state index contributed by atoms with van der Waals surface area (Å²) in [6.45, 7) is 13.0. The highest BCUT2D eigenvalue weighted by atomic mass is 32.2. The minimum absolute atomic E-state index is 0.0262. The quantitative estimate of drug-likeness (QED) is 0.730. The van der Waals surface area contributed by atoms with Crippen molar-refractivity contribution in [2.75, 3.05) is 13.7 Å². The molecular formula is C19H37FN4OS. The van der Waals surface area contributed by atoms with Crippen molar-refractivity contribution in [3.05, 3.63) is 11.4 Å². The second-order valence-electron chi connectivity index (χ2n) is 8.52. The minimum Gasteiger partial charge on any atom is -0.298 e. The van der Waals surface area contributed by atoms with Crippen LogP contribution in [-0.4, -0.2) is 33.4 Å². The van der Waals surface area contributed by atoms with Crippen LogP contribution in [0.1, 0.15) is 78.6 Å². The Bertz CT molecular complexity index is 527. The van der Waals surface area contributed by atoms with Gasteiger partial charge in [0.25, 0.3) is 0 Å². The number of halogens is 1. The summed E-state index contributed by atoms with van der Waals surface area (Å²) in [4.78, 5) is 5.15. The highest BCUT2D eigenvalue weighted by molar-refractivity contribution is 7.99. The molecule has 1 aromatic heterocycles. The zero-order valence-electron chi connectivity index (χ0n) is 17.6. The number of nitrogens with zero attached hydrogens (tertiary/aromatic N) is 3.